The van der Waals surface area contributed by atoms with E-state index in [-0.39, 0.29) is 0 Å². The van der Waals surface area contributed by atoms with Gasteiger partial charge in [-0.1, -0.05) is 35.7 Å². The van der Waals surface area contributed by atoms with E-state index in [0.29, 0.717) is 16.7 Å². The van der Waals surface area contributed by atoms with Gasteiger partial charge in [0, 0.05) is 11.2 Å². The zero-order valence-corrected chi connectivity index (χ0v) is 13.2. The number of hydrogen-bond donors (Lipinski definition) is 1. The summed E-state index contributed by atoms with van der Waals surface area (Å²) in [5.41, 5.74) is 7.54. The van der Waals surface area contributed by atoms with E-state index in [1.165, 1.54) is 0 Å². The molecule has 0 unspecified atom stereocenters. The first-order valence-corrected chi connectivity index (χ1v) is 7.96. The normalized spacial score (nSPS) is 16.8. The van der Waals surface area contributed by atoms with Crippen molar-refractivity contribution in [2.24, 2.45) is 5.73 Å². The summed E-state index contributed by atoms with van der Waals surface area (Å²) < 4.78 is 7.10. The Morgan fingerprint density at radius 1 is 1.26 bits per heavy atom. The van der Waals surface area contributed by atoms with Crippen molar-refractivity contribution in [2.45, 2.75) is 31.2 Å². The maximum Gasteiger partial charge on any atom is 0.261 e. The van der Waals surface area contributed by atoms with Crippen LogP contribution in [0.15, 0.2) is 41.2 Å². The van der Waals surface area contributed by atoms with Crippen molar-refractivity contribution in [3.8, 4) is 17.1 Å². The largest absolute Gasteiger partial charge is 0.334 e. The minimum atomic E-state index is -0.454. The predicted octanol–water partition coefficient (Wildman–Crippen LogP) is 3.30. The van der Waals surface area contributed by atoms with Crippen LogP contribution in [0.4, 0.5) is 0 Å². The molecule has 7 heteroatoms. The van der Waals surface area contributed by atoms with Gasteiger partial charge in [-0.2, -0.15) is 10.1 Å². The Bertz CT molecular complexity index is 834. The Balaban J connectivity index is 1.63. The molecule has 1 aromatic carbocycles. The number of benzene rings is 1. The van der Waals surface area contributed by atoms with E-state index in [2.05, 4.69) is 15.2 Å². The third-order valence-corrected chi connectivity index (χ3v) is 4.50. The lowest BCUT2D eigenvalue weighted by Crippen LogP contribution is -2.34. The fourth-order valence-corrected chi connectivity index (χ4v) is 3.15. The number of halogens is 1. The Labute approximate surface area is 138 Å². The Kier molecular flexibility index (Phi) is 3.43. The third kappa shape index (κ3) is 2.64. The van der Waals surface area contributed by atoms with Crippen LogP contribution in [-0.2, 0) is 5.54 Å². The number of nitrogens with two attached hydrogens (primary N) is 1. The molecule has 4 rings (SSSR count). The average Bonchev–Trinajstić information content (AvgIpc) is 3.27. The second-order valence-corrected chi connectivity index (χ2v) is 6.38. The van der Waals surface area contributed by atoms with Crippen LogP contribution in [0, 0.1) is 0 Å². The molecule has 0 bridgehead atoms. The Morgan fingerprint density at radius 2 is 2.09 bits per heavy atom. The summed E-state index contributed by atoms with van der Waals surface area (Å²) in [4.78, 5) is 4.48. The summed E-state index contributed by atoms with van der Waals surface area (Å²) in [7, 11) is 0. The van der Waals surface area contributed by atoms with E-state index in [1.807, 2.05) is 30.5 Å². The molecule has 3 aromatic rings. The van der Waals surface area contributed by atoms with Crippen LogP contribution >= 0.6 is 11.6 Å². The molecule has 0 saturated heterocycles. The van der Waals surface area contributed by atoms with Crippen LogP contribution in [-0.4, -0.2) is 19.9 Å². The molecular formula is C16H16ClN5O. The fourth-order valence-electron chi connectivity index (χ4n) is 2.97. The minimum Gasteiger partial charge on any atom is -0.334 e. The molecule has 6 nitrogen and oxygen atoms in total. The first-order valence-electron chi connectivity index (χ1n) is 7.58. The van der Waals surface area contributed by atoms with Crippen molar-refractivity contribution in [3.05, 3.63) is 47.5 Å². The molecule has 0 aliphatic heterocycles. The van der Waals surface area contributed by atoms with Crippen molar-refractivity contribution >= 4 is 11.6 Å². The molecule has 1 saturated carbocycles. The quantitative estimate of drug-likeness (QED) is 0.797. The van der Waals surface area contributed by atoms with Gasteiger partial charge < -0.3 is 10.3 Å². The standard InChI is InChI=1S/C16H16ClN5O/c17-12-4-3-5-13(8-12)22-10-11(9-19-22)14-20-15(21-23-14)16(18)6-1-2-7-16/h3-5,8-10H,1-2,6-7,18H2. The van der Waals surface area contributed by atoms with Gasteiger partial charge in [0.25, 0.3) is 5.89 Å². The van der Waals surface area contributed by atoms with Crippen molar-refractivity contribution in [1.82, 2.24) is 19.9 Å². The summed E-state index contributed by atoms with van der Waals surface area (Å²) in [5, 5.41) is 9.06. The maximum atomic E-state index is 6.36. The van der Waals surface area contributed by atoms with E-state index in [4.69, 9.17) is 21.9 Å². The zero-order valence-electron chi connectivity index (χ0n) is 12.4. The lowest BCUT2D eigenvalue weighted by atomic mass is 9.99. The molecule has 0 amide bonds. The second kappa shape index (κ2) is 5.47. The highest BCUT2D eigenvalue weighted by molar-refractivity contribution is 6.30. The lowest BCUT2D eigenvalue weighted by molar-refractivity contribution is 0.372. The molecule has 0 spiro atoms. The van der Waals surface area contributed by atoms with Gasteiger partial charge in [0.05, 0.1) is 23.0 Å². The Morgan fingerprint density at radius 3 is 2.87 bits per heavy atom. The van der Waals surface area contributed by atoms with Gasteiger partial charge in [-0.15, -0.1) is 0 Å². The molecule has 1 aliphatic rings. The number of aromatic nitrogens is 4. The van der Waals surface area contributed by atoms with Crippen LogP contribution in [0.1, 0.15) is 31.5 Å². The summed E-state index contributed by atoms with van der Waals surface area (Å²) >= 11 is 6.01. The van der Waals surface area contributed by atoms with E-state index >= 15 is 0 Å². The van der Waals surface area contributed by atoms with Gasteiger partial charge in [-0.3, -0.25) is 0 Å². The molecule has 0 atom stereocenters. The second-order valence-electron chi connectivity index (χ2n) is 5.94. The lowest BCUT2D eigenvalue weighted by Gasteiger charge is -2.17. The monoisotopic (exact) mass is 329 g/mol. The zero-order chi connectivity index (χ0) is 15.9. The van der Waals surface area contributed by atoms with Gasteiger partial charge in [0.2, 0.25) is 0 Å². The third-order valence-electron chi connectivity index (χ3n) is 4.27. The van der Waals surface area contributed by atoms with E-state index < -0.39 is 5.54 Å². The molecule has 2 N–H and O–H groups in total. The van der Waals surface area contributed by atoms with E-state index in [1.54, 1.807) is 10.9 Å². The van der Waals surface area contributed by atoms with Gasteiger partial charge in [-0.05, 0) is 31.0 Å². The minimum absolute atomic E-state index is 0.435. The predicted molar refractivity (Wildman–Crippen MR) is 86.2 cm³/mol. The SMILES string of the molecule is NC1(c2noc(-c3cnn(-c4cccc(Cl)c4)c3)n2)CCCC1. The first-order chi connectivity index (χ1) is 11.1. The Hall–Kier alpha value is -2.18. The van der Waals surface area contributed by atoms with Crippen molar-refractivity contribution in [1.29, 1.82) is 0 Å². The van der Waals surface area contributed by atoms with Crippen LogP contribution in [0.25, 0.3) is 17.1 Å². The van der Waals surface area contributed by atoms with Crippen LogP contribution in [0.2, 0.25) is 5.02 Å². The smallest absolute Gasteiger partial charge is 0.261 e. The highest BCUT2D eigenvalue weighted by Crippen LogP contribution is 2.35. The molecule has 1 aliphatic carbocycles. The number of rotatable bonds is 3. The molecule has 1 fully saturated rings. The summed E-state index contributed by atoms with van der Waals surface area (Å²) in [6.45, 7) is 0. The maximum absolute atomic E-state index is 6.36. The summed E-state index contributed by atoms with van der Waals surface area (Å²) in [6, 6.07) is 7.46. The van der Waals surface area contributed by atoms with Crippen molar-refractivity contribution < 1.29 is 4.52 Å². The van der Waals surface area contributed by atoms with Crippen LogP contribution in [0.5, 0.6) is 0 Å². The van der Waals surface area contributed by atoms with Crippen molar-refractivity contribution in [3.63, 3.8) is 0 Å². The fraction of sp³-hybridized carbons (Fsp3) is 0.312. The molecule has 0 radical (unpaired) electrons. The summed E-state index contributed by atoms with van der Waals surface area (Å²) in [5.74, 6) is 1.02. The number of nitrogens with zero attached hydrogens (tertiary/aromatic N) is 4. The molecule has 2 aromatic heterocycles. The van der Waals surface area contributed by atoms with Gasteiger partial charge in [-0.25, -0.2) is 4.68 Å². The number of hydrogen-bond acceptors (Lipinski definition) is 5. The molecule has 118 valence electrons. The van der Waals surface area contributed by atoms with Crippen molar-refractivity contribution in [2.75, 3.05) is 0 Å². The molecular weight excluding hydrogens is 314 g/mol. The average molecular weight is 330 g/mol. The molecule has 23 heavy (non-hydrogen) atoms. The highest BCUT2D eigenvalue weighted by atomic mass is 35.5. The van der Waals surface area contributed by atoms with Gasteiger partial charge >= 0.3 is 0 Å². The highest BCUT2D eigenvalue weighted by Gasteiger charge is 2.36. The van der Waals surface area contributed by atoms with E-state index in [9.17, 15) is 0 Å². The molecule has 2 heterocycles. The van der Waals surface area contributed by atoms with E-state index in [0.717, 1.165) is 36.9 Å². The van der Waals surface area contributed by atoms with Crippen LogP contribution in [0.3, 0.4) is 0 Å². The topological polar surface area (TPSA) is 82.8 Å². The summed E-state index contributed by atoms with van der Waals surface area (Å²) in [6.07, 6.45) is 7.53. The van der Waals surface area contributed by atoms with Crippen LogP contribution < -0.4 is 5.73 Å². The van der Waals surface area contributed by atoms with Gasteiger partial charge in [0.15, 0.2) is 5.82 Å². The first kappa shape index (κ1) is 14.4. The van der Waals surface area contributed by atoms with Gasteiger partial charge in [0.1, 0.15) is 0 Å².